The van der Waals surface area contributed by atoms with Crippen molar-refractivity contribution < 1.29 is 0 Å². The Hall–Kier alpha value is -2.81. The fourth-order valence-corrected chi connectivity index (χ4v) is 2.80. The number of imidazole rings is 1. The molecule has 0 unspecified atom stereocenters. The second-order valence-corrected chi connectivity index (χ2v) is 5.34. The first-order valence-electron chi connectivity index (χ1n) is 6.87. The van der Waals surface area contributed by atoms with Gasteiger partial charge in [-0.3, -0.25) is 4.68 Å². The molecule has 21 heavy (non-hydrogen) atoms. The van der Waals surface area contributed by atoms with Crippen LogP contribution < -0.4 is 4.90 Å². The minimum absolute atomic E-state index is 0.312. The van der Waals surface area contributed by atoms with Crippen LogP contribution in [0.4, 0.5) is 5.95 Å². The molecule has 104 valence electrons. The fourth-order valence-electron chi connectivity index (χ4n) is 2.80. The number of aromatic nitrogens is 4. The Bertz CT molecular complexity index is 847. The van der Waals surface area contributed by atoms with Crippen LogP contribution in [0.15, 0.2) is 36.7 Å². The molecule has 2 aromatic heterocycles. The van der Waals surface area contributed by atoms with Gasteiger partial charge in [0.1, 0.15) is 6.07 Å². The Kier molecular flexibility index (Phi) is 2.48. The molecule has 0 amide bonds. The molecule has 0 spiro atoms. The molecule has 0 bridgehead atoms. The van der Waals surface area contributed by atoms with Gasteiger partial charge in [0.05, 0.1) is 28.8 Å². The highest BCUT2D eigenvalue weighted by atomic mass is 15.4. The summed E-state index contributed by atoms with van der Waals surface area (Å²) < 4.78 is 3.99. The van der Waals surface area contributed by atoms with E-state index < -0.39 is 0 Å². The molecule has 0 N–H and O–H groups in total. The van der Waals surface area contributed by atoms with Gasteiger partial charge in [0.2, 0.25) is 5.95 Å². The molecule has 1 fully saturated rings. The second-order valence-electron chi connectivity index (χ2n) is 5.34. The van der Waals surface area contributed by atoms with Gasteiger partial charge >= 0.3 is 0 Å². The number of para-hydroxylation sites is 2. The monoisotopic (exact) mass is 278 g/mol. The van der Waals surface area contributed by atoms with E-state index in [0.29, 0.717) is 11.6 Å². The summed E-state index contributed by atoms with van der Waals surface area (Å²) in [4.78, 5) is 6.93. The second kappa shape index (κ2) is 4.35. The number of aryl methyl sites for hydroxylation is 1. The number of anilines is 1. The molecular weight excluding hydrogens is 264 g/mol. The molecule has 3 aromatic rings. The van der Waals surface area contributed by atoms with Crippen LogP contribution in [-0.4, -0.2) is 32.4 Å². The highest BCUT2D eigenvalue weighted by Crippen LogP contribution is 2.29. The predicted molar refractivity (Wildman–Crippen MR) is 78.9 cm³/mol. The van der Waals surface area contributed by atoms with Gasteiger partial charge in [-0.2, -0.15) is 10.4 Å². The van der Waals surface area contributed by atoms with Crippen molar-refractivity contribution >= 4 is 17.0 Å². The smallest absolute Gasteiger partial charge is 0.206 e. The van der Waals surface area contributed by atoms with Gasteiger partial charge < -0.3 is 9.47 Å². The third-order valence-electron chi connectivity index (χ3n) is 4.01. The summed E-state index contributed by atoms with van der Waals surface area (Å²) in [5.41, 5.74) is 2.77. The van der Waals surface area contributed by atoms with Crippen molar-refractivity contribution in [3.8, 4) is 6.07 Å². The third kappa shape index (κ3) is 1.78. The lowest BCUT2D eigenvalue weighted by Crippen LogP contribution is -2.49. The summed E-state index contributed by atoms with van der Waals surface area (Å²) in [6.07, 6.45) is 3.41. The largest absolute Gasteiger partial charge is 0.338 e. The van der Waals surface area contributed by atoms with Crippen LogP contribution in [0.25, 0.3) is 11.0 Å². The number of fused-ring (bicyclic) bond motifs is 1. The van der Waals surface area contributed by atoms with E-state index in [1.54, 1.807) is 12.4 Å². The summed E-state index contributed by atoms with van der Waals surface area (Å²) in [5, 5.41) is 13.1. The molecule has 3 heterocycles. The molecule has 4 rings (SSSR count). The van der Waals surface area contributed by atoms with Gasteiger partial charge in [0.25, 0.3) is 0 Å². The molecule has 0 saturated carbocycles. The van der Waals surface area contributed by atoms with Crippen molar-refractivity contribution in [1.29, 1.82) is 5.26 Å². The quantitative estimate of drug-likeness (QED) is 0.716. The Labute approximate surface area is 121 Å². The lowest BCUT2D eigenvalue weighted by Gasteiger charge is -2.39. The summed E-state index contributed by atoms with van der Waals surface area (Å²) in [7, 11) is 2.04. The van der Waals surface area contributed by atoms with Crippen molar-refractivity contribution in [3.05, 3.63) is 42.2 Å². The van der Waals surface area contributed by atoms with Crippen molar-refractivity contribution in [3.63, 3.8) is 0 Å². The zero-order valence-electron chi connectivity index (χ0n) is 11.6. The van der Waals surface area contributed by atoms with E-state index >= 15 is 0 Å². The molecule has 6 nitrogen and oxygen atoms in total. The zero-order valence-corrected chi connectivity index (χ0v) is 11.6. The van der Waals surface area contributed by atoms with E-state index in [-0.39, 0.29) is 0 Å². The van der Waals surface area contributed by atoms with Crippen LogP contribution in [0.1, 0.15) is 11.6 Å². The van der Waals surface area contributed by atoms with Gasteiger partial charge in [-0.15, -0.1) is 0 Å². The van der Waals surface area contributed by atoms with Crippen LogP contribution >= 0.6 is 0 Å². The van der Waals surface area contributed by atoms with Crippen LogP contribution in [0.3, 0.4) is 0 Å². The average molecular weight is 278 g/mol. The first kappa shape index (κ1) is 12.0. The topological polar surface area (TPSA) is 62.7 Å². The van der Waals surface area contributed by atoms with Gasteiger partial charge in [-0.05, 0) is 12.1 Å². The molecule has 1 saturated heterocycles. The third-order valence-corrected chi connectivity index (χ3v) is 4.01. The van der Waals surface area contributed by atoms with E-state index in [4.69, 9.17) is 10.2 Å². The summed E-state index contributed by atoms with van der Waals surface area (Å²) in [5.74, 6) is 0.986. The van der Waals surface area contributed by atoms with Gasteiger partial charge in [-0.25, -0.2) is 4.98 Å². The SMILES string of the molecule is Cn1c(N2CC(n3cc(C#N)cn3)C2)nc2ccccc21. The van der Waals surface area contributed by atoms with Crippen molar-refractivity contribution in [1.82, 2.24) is 19.3 Å². The maximum Gasteiger partial charge on any atom is 0.206 e. The standard InChI is InChI=1S/C15H14N6/c1-19-14-5-3-2-4-13(14)18-15(19)20-9-12(10-20)21-8-11(6-16)7-17-21/h2-5,7-8,12H,9-10H2,1H3. The molecule has 1 aliphatic heterocycles. The Morgan fingerprint density at radius 2 is 2.10 bits per heavy atom. The number of benzene rings is 1. The maximum atomic E-state index is 8.84. The van der Waals surface area contributed by atoms with E-state index in [1.165, 1.54) is 0 Å². The van der Waals surface area contributed by atoms with Crippen molar-refractivity contribution in [2.24, 2.45) is 7.05 Å². The Morgan fingerprint density at radius 1 is 1.29 bits per heavy atom. The Balaban J connectivity index is 1.56. The number of rotatable bonds is 2. The number of hydrogen-bond donors (Lipinski definition) is 0. The van der Waals surface area contributed by atoms with E-state index in [0.717, 1.165) is 30.1 Å². The van der Waals surface area contributed by atoms with Crippen LogP contribution in [0.2, 0.25) is 0 Å². The highest BCUT2D eigenvalue weighted by Gasteiger charge is 2.31. The first-order chi connectivity index (χ1) is 10.3. The fraction of sp³-hybridized carbons (Fsp3) is 0.267. The van der Waals surface area contributed by atoms with Crippen LogP contribution in [0, 0.1) is 11.3 Å². The minimum Gasteiger partial charge on any atom is -0.338 e. The Morgan fingerprint density at radius 3 is 2.81 bits per heavy atom. The lowest BCUT2D eigenvalue weighted by atomic mass is 10.1. The number of nitrogens with zero attached hydrogens (tertiary/aromatic N) is 6. The summed E-state index contributed by atoms with van der Waals surface area (Å²) in [6, 6.07) is 10.6. The minimum atomic E-state index is 0.312. The molecule has 0 aliphatic carbocycles. The molecule has 0 atom stereocenters. The number of nitriles is 1. The van der Waals surface area contributed by atoms with E-state index in [9.17, 15) is 0 Å². The molecule has 0 radical (unpaired) electrons. The van der Waals surface area contributed by atoms with Gasteiger partial charge in [0.15, 0.2) is 0 Å². The van der Waals surface area contributed by atoms with E-state index in [2.05, 4.69) is 26.7 Å². The van der Waals surface area contributed by atoms with Crippen molar-refractivity contribution in [2.45, 2.75) is 6.04 Å². The van der Waals surface area contributed by atoms with Crippen molar-refractivity contribution in [2.75, 3.05) is 18.0 Å². The number of hydrogen-bond acceptors (Lipinski definition) is 4. The van der Waals surface area contributed by atoms with Gasteiger partial charge in [0, 0.05) is 26.3 Å². The summed E-state index contributed by atoms with van der Waals surface area (Å²) >= 11 is 0. The summed E-state index contributed by atoms with van der Waals surface area (Å²) in [6.45, 7) is 1.73. The zero-order chi connectivity index (χ0) is 14.4. The van der Waals surface area contributed by atoms with Gasteiger partial charge in [-0.1, -0.05) is 12.1 Å². The normalized spacial score (nSPS) is 15.1. The average Bonchev–Trinajstić information content (AvgIpc) is 3.04. The predicted octanol–water partition coefficient (Wildman–Crippen LogP) is 1.70. The lowest BCUT2D eigenvalue weighted by molar-refractivity contribution is 0.361. The maximum absolute atomic E-state index is 8.84. The highest BCUT2D eigenvalue weighted by molar-refractivity contribution is 5.78. The molecule has 1 aromatic carbocycles. The first-order valence-corrected chi connectivity index (χ1v) is 6.87. The van der Waals surface area contributed by atoms with E-state index in [1.807, 2.05) is 29.9 Å². The molecular formula is C15H14N6. The molecule has 6 heteroatoms. The molecule has 1 aliphatic rings. The van der Waals surface area contributed by atoms with Crippen LogP contribution in [-0.2, 0) is 7.05 Å². The van der Waals surface area contributed by atoms with Crippen LogP contribution in [0.5, 0.6) is 0 Å².